The van der Waals surface area contributed by atoms with E-state index in [4.69, 9.17) is 4.74 Å². The van der Waals surface area contributed by atoms with Gasteiger partial charge in [0, 0.05) is 5.56 Å². The molecule has 4 nitrogen and oxygen atoms in total. The van der Waals surface area contributed by atoms with E-state index in [0.717, 1.165) is 0 Å². The van der Waals surface area contributed by atoms with Crippen molar-refractivity contribution in [3.8, 4) is 0 Å². The molecule has 0 saturated heterocycles. The first-order valence-corrected chi connectivity index (χ1v) is 5.62. The Hall–Kier alpha value is -1.98. The summed E-state index contributed by atoms with van der Waals surface area (Å²) in [6.07, 6.45) is -3.93. The van der Waals surface area contributed by atoms with Crippen molar-refractivity contribution < 1.29 is 23.1 Å². The average molecular weight is 271 g/mol. The monoisotopic (exact) mass is 271 g/mol. The van der Waals surface area contributed by atoms with E-state index in [1.165, 1.54) is 24.3 Å². The lowest BCUT2D eigenvalue weighted by atomic mass is 10.1. The van der Waals surface area contributed by atoms with Gasteiger partial charge in [-0.15, -0.1) is 0 Å². The molecule has 0 heterocycles. The van der Waals surface area contributed by atoms with Crippen LogP contribution >= 0.6 is 0 Å². The Morgan fingerprint density at radius 2 is 1.79 bits per heavy atom. The molecule has 1 aromatic carbocycles. The van der Waals surface area contributed by atoms with Crippen LogP contribution in [-0.2, 0) is 4.74 Å². The van der Waals surface area contributed by atoms with Gasteiger partial charge in [-0.2, -0.15) is 0 Å². The van der Waals surface area contributed by atoms with E-state index in [0.29, 0.717) is 0 Å². The summed E-state index contributed by atoms with van der Waals surface area (Å²) >= 11 is 0. The standard InChI is InChI=1S/C13H15F2NO3/c1-13(2,3)19-12(18)16-9-7-5-4-6-8(9)10(17)11(14)15/h4-7,11H,1-3H3,(H,16,18). The van der Waals surface area contributed by atoms with E-state index in [-0.39, 0.29) is 11.3 Å². The van der Waals surface area contributed by atoms with Crippen LogP contribution in [0.25, 0.3) is 0 Å². The topological polar surface area (TPSA) is 55.4 Å². The van der Waals surface area contributed by atoms with Crippen molar-refractivity contribution in [2.45, 2.75) is 32.8 Å². The molecule has 0 aliphatic heterocycles. The number of anilines is 1. The number of amides is 1. The number of nitrogens with one attached hydrogen (secondary N) is 1. The van der Waals surface area contributed by atoms with Gasteiger partial charge in [-0.25, -0.2) is 13.6 Å². The Kier molecular flexibility index (Phi) is 4.58. The predicted molar refractivity (Wildman–Crippen MR) is 66.6 cm³/mol. The zero-order chi connectivity index (χ0) is 14.6. The van der Waals surface area contributed by atoms with Gasteiger partial charge in [0.15, 0.2) is 0 Å². The first-order chi connectivity index (χ1) is 8.70. The molecule has 0 saturated carbocycles. The van der Waals surface area contributed by atoms with Crippen LogP contribution in [0.4, 0.5) is 19.3 Å². The molecular weight excluding hydrogens is 256 g/mol. The Labute approximate surface area is 109 Å². The van der Waals surface area contributed by atoms with Gasteiger partial charge in [0.1, 0.15) is 5.60 Å². The molecule has 1 amide bonds. The molecule has 0 aromatic heterocycles. The summed E-state index contributed by atoms with van der Waals surface area (Å²) in [6, 6.07) is 5.55. The Bertz CT molecular complexity index is 481. The molecule has 104 valence electrons. The molecule has 1 aromatic rings. The summed E-state index contributed by atoms with van der Waals surface area (Å²) in [5.41, 5.74) is -0.962. The summed E-state index contributed by atoms with van der Waals surface area (Å²) < 4.78 is 29.8. The SMILES string of the molecule is CC(C)(C)OC(=O)Nc1ccccc1C(=O)C(F)F. The van der Waals surface area contributed by atoms with Crippen molar-refractivity contribution in [3.05, 3.63) is 29.8 Å². The van der Waals surface area contributed by atoms with Crippen molar-refractivity contribution in [1.82, 2.24) is 0 Å². The quantitative estimate of drug-likeness (QED) is 0.856. The minimum absolute atomic E-state index is 0.00190. The maximum atomic E-state index is 12.4. The molecule has 0 fully saturated rings. The van der Waals surface area contributed by atoms with Crippen LogP contribution in [0.5, 0.6) is 0 Å². The van der Waals surface area contributed by atoms with E-state index < -0.39 is 23.9 Å². The number of rotatable bonds is 3. The fraction of sp³-hybridized carbons (Fsp3) is 0.385. The molecule has 0 aliphatic carbocycles. The third kappa shape index (κ3) is 4.65. The first kappa shape index (κ1) is 15.1. The highest BCUT2D eigenvalue weighted by Crippen LogP contribution is 2.19. The number of carbonyl (C=O) groups excluding carboxylic acids is 2. The summed E-state index contributed by atoms with van der Waals surface area (Å²) in [4.78, 5) is 22.8. The highest BCUT2D eigenvalue weighted by molar-refractivity contribution is 6.05. The Balaban J connectivity index is 2.90. The summed E-state index contributed by atoms with van der Waals surface area (Å²) in [6.45, 7) is 5.01. The first-order valence-electron chi connectivity index (χ1n) is 5.62. The number of ketones is 1. The molecule has 19 heavy (non-hydrogen) atoms. The number of carbonyl (C=O) groups is 2. The second-order valence-electron chi connectivity index (χ2n) is 4.84. The summed E-state index contributed by atoms with van der Waals surface area (Å²) in [7, 11) is 0. The lowest BCUT2D eigenvalue weighted by Crippen LogP contribution is -2.28. The van der Waals surface area contributed by atoms with Crippen LogP contribution in [0.1, 0.15) is 31.1 Å². The molecular formula is C13H15F2NO3. The average Bonchev–Trinajstić information content (AvgIpc) is 2.26. The number of hydrogen-bond acceptors (Lipinski definition) is 3. The lowest BCUT2D eigenvalue weighted by Gasteiger charge is -2.20. The summed E-state index contributed by atoms with van der Waals surface area (Å²) in [5, 5.41) is 2.29. The number of benzene rings is 1. The Morgan fingerprint density at radius 1 is 1.21 bits per heavy atom. The van der Waals surface area contributed by atoms with Gasteiger partial charge in [-0.05, 0) is 32.9 Å². The van der Waals surface area contributed by atoms with E-state index >= 15 is 0 Å². The van der Waals surface area contributed by atoms with E-state index in [1.54, 1.807) is 20.8 Å². The van der Waals surface area contributed by atoms with E-state index in [9.17, 15) is 18.4 Å². The van der Waals surface area contributed by atoms with Crippen molar-refractivity contribution in [1.29, 1.82) is 0 Å². The largest absolute Gasteiger partial charge is 0.444 e. The van der Waals surface area contributed by atoms with Gasteiger partial charge in [0.05, 0.1) is 5.69 Å². The lowest BCUT2D eigenvalue weighted by molar-refractivity contribution is 0.0635. The van der Waals surface area contributed by atoms with Crippen LogP contribution in [0, 0.1) is 0 Å². The third-order valence-electron chi connectivity index (χ3n) is 2.03. The van der Waals surface area contributed by atoms with Gasteiger partial charge in [0.25, 0.3) is 0 Å². The fourth-order valence-corrected chi connectivity index (χ4v) is 1.34. The molecule has 0 radical (unpaired) electrons. The zero-order valence-electron chi connectivity index (χ0n) is 10.9. The van der Waals surface area contributed by atoms with Gasteiger partial charge < -0.3 is 4.74 Å². The number of halogens is 2. The number of Topliss-reactive ketones (excluding diaryl/α,β-unsaturated/α-hetero) is 1. The van der Waals surface area contributed by atoms with Crippen LogP contribution in [-0.4, -0.2) is 23.9 Å². The van der Waals surface area contributed by atoms with Gasteiger partial charge >= 0.3 is 12.5 Å². The molecule has 6 heteroatoms. The highest BCUT2D eigenvalue weighted by atomic mass is 19.3. The molecule has 0 bridgehead atoms. The fourth-order valence-electron chi connectivity index (χ4n) is 1.34. The smallest absolute Gasteiger partial charge is 0.412 e. The van der Waals surface area contributed by atoms with Crippen LogP contribution in [0.2, 0.25) is 0 Å². The van der Waals surface area contributed by atoms with E-state index in [1.807, 2.05) is 0 Å². The van der Waals surface area contributed by atoms with Crippen LogP contribution in [0.3, 0.4) is 0 Å². The molecule has 1 rings (SSSR count). The van der Waals surface area contributed by atoms with E-state index in [2.05, 4.69) is 5.32 Å². The van der Waals surface area contributed by atoms with Crippen molar-refractivity contribution in [2.75, 3.05) is 5.32 Å². The Morgan fingerprint density at radius 3 is 2.32 bits per heavy atom. The van der Waals surface area contributed by atoms with Crippen molar-refractivity contribution in [3.63, 3.8) is 0 Å². The number of hydrogen-bond donors (Lipinski definition) is 1. The van der Waals surface area contributed by atoms with Gasteiger partial charge in [0.2, 0.25) is 5.78 Å². The minimum atomic E-state index is -3.12. The normalized spacial score (nSPS) is 11.3. The van der Waals surface area contributed by atoms with Crippen LogP contribution < -0.4 is 5.32 Å². The second-order valence-corrected chi connectivity index (χ2v) is 4.84. The molecule has 0 aliphatic rings. The molecule has 1 N–H and O–H groups in total. The highest BCUT2D eigenvalue weighted by Gasteiger charge is 2.23. The maximum absolute atomic E-state index is 12.4. The van der Waals surface area contributed by atoms with Gasteiger partial charge in [-0.1, -0.05) is 12.1 Å². The van der Waals surface area contributed by atoms with Crippen molar-refractivity contribution >= 4 is 17.6 Å². The number of alkyl halides is 2. The molecule has 0 spiro atoms. The second kappa shape index (κ2) is 5.77. The minimum Gasteiger partial charge on any atom is -0.444 e. The molecule has 0 atom stereocenters. The zero-order valence-corrected chi connectivity index (χ0v) is 10.9. The third-order valence-corrected chi connectivity index (χ3v) is 2.03. The predicted octanol–water partition coefficient (Wildman–Crippen LogP) is 3.48. The van der Waals surface area contributed by atoms with Crippen molar-refractivity contribution in [2.24, 2.45) is 0 Å². The van der Waals surface area contributed by atoms with Gasteiger partial charge in [-0.3, -0.25) is 10.1 Å². The summed E-state index contributed by atoms with van der Waals surface area (Å²) in [5.74, 6) is -1.34. The molecule has 0 unspecified atom stereocenters. The number of ether oxygens (including phenoxy) is 1. The van der Waals surface area contributed by atoms with Crippen LogP contribution in [0.15, 0.2) is 24.3 Å². The maximum Gasteiger partial charge on any atom is 0.412 e. The number of para-hydroxylation sites is 1.